The predicted octanol–water partition coefficient (Wildman–Crippen LogP) is 3.94. The van der Waals surface area contributed by atoms with Gasteiger partial charge in [0.2, 0.25) is 0 Å². The minimum Gasteiger partial charge on any atom is -0.345 e. The molecule has 17 heavy (non-hydrogen) atoms. The van der Waals surface area contributed by atoms with Crippen molar-refractivity contribution < 1.29 is 0 Å². The molecule has 0 atom stereocenters. The molecule has 0 bridgehead atoms. The zero-order valence-electron chi connectivity index (χ0n) is 9.41. The largest absolute Gasteiger partial charge is 0.345 e. The number of aromatic amines is 1. The molecule has 1 aromatic carbocycles. The average molecular weight is 245 g/mol. The second kappa shape index (κ2) is 4.38. The van der Waals surface area contributed by atoms with Crippen LogP contribution in [-0.2, 0) is 6.42 Å². The van der Waals surface area contributed by atoms with Crippen molar-refractivity contribution in [3.05, 3.63) is 52.6 Å². The van der Waals surface area contributed by atoms with Gasteiger partial charge in [0.1, 0.15) is 0 Å². The first-order valence-electron chi connectivity index (χ1n) is 5.81. The summed E-state index contributed by atoms with van der Waals surface area (Å²) in [6.07, 6.45) is 9.16. The van der Waals surface area contributed by atoms with E-state index in [9.17, 15) is 0 Å². The number of hydrogen-bond donors (Lipinski definition) is 1. The highest BCUT2D eigenvalue weighted by Crippen LogP contribution is 2.33. The molecule has 1 aromatic heterocycles. The molecule has 2 nitrogen and oxygen atoms in total. The van der Waals surface area contributed by atoms with Gasteiger partial charge in [-0.3, -0.25) is 0 Å². The quantitative estimate of drug-likeness (QED) is 0.809. The number of fused-ring (bicyclic) bond motifs is 1. The second-order valence-electron chi connectivity index (χ2n) is 4.33. The van der Waals surface area contributed by atoms with Gasteiger partial charge in [-0.25, -0.2) is 4.98 Å². The fourth-order valence-corrected chi connectivity index (χ4v) is 2.56. The zero-order chi connectivity index (χ0) is 11.7. The molecule has 0 spiro atoms. The lowest BCUT2D eigenvalue weighted by molar-refractivity contribution is 0.824. The number of imidazole rings is 1. The Morgan fingerprint density at radius 3 is 3.06 bits per heavy atom. The Labute approximate surface area is 105 Å². The molecule has 1 N–H and O–H groups in total. The van der Waals surface area contributed by atoms with E-state index in [1.807, 2.05) is 12.3 Å². The molecule has 1 heterocycles. The summed E-state index contributed by atoms with van der Waals surface area (Å²) < 4.78 is 0. The van der Waals surface area contributed by atoms with Crippen molar-refractivity contribution >= 4 is 23.3 Å². The number of allylic oxidation sites excluding steroid dienone is 1. The van der Waals surface area contributed by atoms with E-state index < -0.39 is 0 Å². The number of hydrogen-bond acceptors (Lipinski definition) is 1. The van der Waals surface area contributed by atoms with Crippen LogP contribution in [0.15, 0.2) is 30.7 Å². The summed E-state index contributed by atoms with van der Waals surface area (Å²) in [6, 6.07) is 6.17. The van der Waals surface area contributed by atoms with E-state index in [0.29, 0.717) is 0 Å². The Morgan fingerprint density at radius 2 is 2.24 bits per heavy atom. The Balaban J connectivity index is 2.05. The monoisotopic (exact) mass is 244 g/mol. The van der Waals surface area contributed by atoms with E-state index >= 15 is 0 Å². The van der Waals surface area contributed by atoms with Crippen molar-refractivity contribution in [2.24, 2.45) is 0 Å². The van der Waals surface area contributed by atoms with Gasteiger partial charge in [-0.05, 0) is 54.2 Å². The number of nitrogens with one attached hydrogen (secondary N) is 1. The van der Waals surface area contributed by atoms with Gasteiger partial charge in [0.25, 0.3) is 0 Å². The molecule has 1 aliphatic carbocycles. The van der Waals surface area contributed by atoms with Crippen molar-refractivity contribution in [3.63, 3.8) is 0 Å². The zero-order valence-corrected chi connectivity index (χ0v) is 10.2. The number of rotatable bonds is 1. The van der Waals surface area contributed by atoms with Crippen LogP contribution in [0.25, 0.3) is 11.6 Å². The molecule has 2 aromatic rings. The molecule has 0 fully saturated rings. The highest BCUT2D eigenvalue weighted by molar-refractivity contribution is 6.30. The van der Waals surface area contributed by atoms with E-state index in [4.69, 9.17) is 11.6 Å². The average Bonchev–Trinajstić information content (AvgIpc) is 2.82. The van der Waals surface area contributed by atoms with Gasteiger partial charge in [-0.15, -0.1) is 0 Å². The smallest absolute Gasteiger partial charge is 0.0924 e. The van der Waals surface area contributed by atoms with Crippen LogP contribution in [0.5, 0.6) is 0 Å². The van der Waals surface area contributed by atoms with Crippen LogP contribution in [0.3, 0.4) is 0 Å². The maximum atomic E-state index is 6.03. The normalized spacial score (nSPS) is 17.1. The SMILES string of the molecule is Clc1ccc2c(c1)CCCC2=Cc1cnc[nH]1. The van der Waals surface area contributed by atoms with Crippen LogP contribution >= 0.6 is 11.6 Å². The van der Waals surface area contributed by atoms with E-state index in [1.54, 1.807) is 6.33 Å². The number of benzene rings is 1. The summed E-state index contributed by atoms with van der Waals surface area (Å²) in [5.74, 6) is 0. The summed E-state index contributed by atoms with van der Waals surface area (Å²) in [4.78, 5) is 7.15. The molecule has 3 rings (SSSR count). The molecular formula is C14H13ClN2. The van der Waals surface area contributed by atoms with Gasteiger partial charge < -0.3 is 4.98 Å². The third-order valence-corrected chi connectivity index (χ3v) is 3.39. The van der Waals surface area contributed by atoms with E-state index in [1.165, 1.54) is 23.1 Å². The van der Waals surface area contributed by atoms with Crippen LogP contribution in [-0.4, -0.2) is 9.97 Å². The lowest BCUT2D eigenvalue weighted by Gasteiger charge is -2.19. The van der Waals surface area contributed by atoms with E-state index in [0.717, 1.165) is 23.6 Å². The maximum Gasteiger partial charge on any atom is 0.0924 e. The first-order valence-corrected chi connectivity index (χ1v) is 6.18. The van der Waals surface area contributed by atoms with Crippen molar-refractivity contribution in [3.8, 4) is 0 Å². The molecule has 3 heteroatoms. The Kier molecular flexibility index (Phi) is 2.73. The topological polar surface area (TPSA) is 28.7 Å². The first-order chi connectivity index (χ1) is 8.33. The van der Waals surface area contributed by atoms with Gasteiger partial charge in [0.05, 0.1) is 18.2 Å². The van der Waals surface area contributed by atoms with E-state index in [-0.39, 0.29) is 0 Å². The molecule has 0 saturated carbocycles. The number of aromatic nitrogens is 2. The Morgan fingerprint density at radius 1 is 1.29 bits per heavy atom. The minimum atomic E-state index is 0.826. The third kappa shape index (κ3) is 2.13. The van der Waals surface area contributed by atoms with Crippen molar-refractivity contribution in [1.29, 1.82) is 0 Å². The summed E-state index contributed by atoms with van der Waals surface area (Å²) >= 11 is 6.03. The highest BCUT2D eigenvalue weighted by atomic mass is 35.5. The molecule has 0 unspecified atom stereocenters. The summed E-state index contributed by atoms with van der Waals surface area (Å²) in [6.45, 7) is 0. The van der Waals surface area contributed by atoms with Crippen LogP contribution in [0.2, 0.25) is 5.02 Å². The minimum absolute atomic E-state index is 0.826. The Bertz CT molecular complexity index is 556. The molecular weight excluding hydrogens is 232 g/mol. The molecule has 0 saturated heterocycles. The number of H-pyrrole nitrogens is 1. The van der Waals surface area contributed by atoms with Crippen LogP contribution in [0.1, 0.15) is 29.7 Å². The van der Waals surface area contributed by atoms with Crippen molar-refractivity contribution in [2.45, 2.75) is 19.3 Å². The molecule has 0 amide bonds. The number of aryl methyl sites for hydroxylation is 1. The molecule has 0 aliphatic heterocycles. The maximum absolute atomic E-state index is 6.03. The van der Waals surface area contributed by atoms with Crippen LogP contribution in [0, 0.1) is 0 Å². The molecule has 1 aliphatic rings. The lowest BCUT2D eigenvalue weighted by atomic mass is 9.87. The first kappa shape index (κ1) is 10.6. The fourth-order valence-electron chi connectivity index (χ4n) is 2.37. The van der Waals surface area contributed by atoms with Gasteiger partial charge in [0, 0.05) is 5.02 Å². The number of nitrogens with zero attached hydrogens (tertiary/aromatic N) is 1. The number of halogens is 1. The summed E-state index contributed by atoms with van der Waals surface area (Å²) in [5.41, 5.74) is 5.11. The van der Waals surface area contributed by atoms with Crippen LogP contribution in [0.4, 0.5) is 0 Å². The van der Waals surface area contributed by atoms with Crippen molar-refractivity contribution in [1.82, 2.24) is 9.97 Å². The van der Waals surface area contributed by atoms with Gasteiger partial charge in [0.15, 0.2) is 0 Å². The third-order valence-electron chi connectivity index (χ3n) is 3.15. The van der Waals surface area contributed by atoms with Gasteiger partial charge in [-0.1, -0.05) is 17.7 Å². The van der Waals surface area contributed by atoms with E-state index in [2.05, 4.69) is 28.2 Å². The highest BCUT2D eigenvalue weighted by Gasteiger charge is 2.14. The van der Waals surface area contributed by atoms with Gasteiger partial charge in [-0.2, -0.15) is 0 Å². The van der Waals surface area contributed by atoms with Gasteiger partial charge >= 0.3 is 0 Å². The molecule has 0 radical (unpaired) electrons. The lowest BCUT2D eigenvalue weighted by Crippen LogP contribution is -2.01. The summed E-state index contributed by atoms with van der Waals surface area (Å²) in [5, 5.41) is 0.826. The molecule has 86 valence electrons. The predicted molar refractivity (Wildman–Crippen MR) is 70.8 cm³/mol. The van der Waals surface area contributed by atoms with Crippen LogP contribution < -0.4 is 0 Å². The Hall–Kier alpha value is -1.54. The second-order valence-corrected chi connectivity index (χ2v) is 4.77. The standard InChI is InChI=1S/C14H13ClN2/c15-12-4-5-14-10(6-12)2-1-3-11(14)7-13-8-16-9-17-13/h4-9H,1-3H2,(H,16,17). The fraction of sp³-hybridized carbons (Fsp3) is 0.214. The van der Waals surface area contributed by atoms with Crippen molar-refractivity contribution in [2.75, 3.05) is 0 Å². The summed E-state index contributed by atoms with van der Waals surface area (Å²) in [7, 11) is 0.